The maximum Gasteiger partial charge on any atom is 0.295 e. The number of carbonyl (C=O) groups excluding carboxylic acids is 1. The summed E-state index contributed by atoms with van der Waals surface area (Å²) in [4.78, 5) is 11.6. The van der Waals surface area contributed by atoms with Crippen molar-refractivity contribution < 1.29 is 13.6 Å². The van der Waals surface area contributed by atoms with Crippen molar-refractivity contribution in [2.24, 2.45) is 10.2 Å². The first kappa shape index (κ1) is 11.6. The standard InChI is InChI=1S/C14H8F2N2O/c15-11-6-5-8(7-12(11)16)13-9-3-1-2-4-10(9)14(19)18-17-13/h1-7,13H. The average Bonchev–Trinajstić information content (AvgIpc) is 2.43. The van der Waals surface area contributed by atoms with Crippen LogP contribution >= 0.6 is 0 Å². The van der Waals surface area contributed by atoms with Crippen LogP contribution in [-0.2, 0) is 0 Å². The highest BCUT2D eigenvalue weighted by molar-refractivity contribution is 5.97. The minimum atomic E-state index is -0.943. The Kier molecular flexibility index (Phi) is 2.67. The van der Waals surface area contributed by atoms with E-state index in [4.69, 9.17) is 0 Å². The lowest BCUT2D eigenvalue weighted by Gasteiger charge is -2.18. The van der Waals surface area contributed by atoms with Gasteiger partial charge in [-0.2, -0.15) is 5.11 Å². The lowest BCUT2D eigenvalue weighted by Crippen LogP contribution is -2.11. The van der Waals surface area contributed by atoms with Gasteiger partial charge in [0.25, 0.3) is 5.91 Å². The summed E-state index contributed by atoms with van der Waals surface area (Å²) in [6.07, 6.45) is 0. The number of nitrogens with zero attached hydrogens (tertiary/aromatic N) is 2. The van der Waals surface area contributed by atoms with Crippen LogP contribution in [0.4, 0.5) is 8.78 Å². The molecular weight excluding hydrogens is 250 g/mol. The minimum absolute atomic E-state index is 0.422. The maximum atomic E-state index is 13.3. The fourth-order valence-corrected chi connectivity index (χ4v) is 2.09. The van der Waals surface area contributed by atoms with E-state index in [9.17, 15) is 13.6 Å². The summed E-state index contributed by atoms with van der Waals surface area (Å²) in [5.74, 6) is -2.28. The third kappa shape index (κ3) is 1.93. The van der Waals surface area contributed by atoms with E-state index in [1.807, 2.05) is 0 Å². The Morgan fingerprint density at radius 1 is 1.00 bits per heavy atom. The highest BCUT2D eigenvalue weighted by Crippen LogP contribution is 2.33. The van der Waals surface area contributed by atoms with Crippen LogP contribution < -0.4 is 0 Å². The molecule has 0 radical (unpaired) electrons. The molecule has 0 N–H and O–H groups in total. The Morgan fingerprint density at radius 2 is 1.79 bits per heavy atom. The summed E-state index contributed by atoms with van der Waals surface area (Å²) in [7, 11) is 0. The molecule has 0 aromatic heterocycles. The Bertz CT molecular complexity index is 698. The smallest absolute Gasteiger partial charge is 0.265 e. The number of azo groups is 1. The highest BCUT2D eigenvalue weighted by Gasteiger charge is 2.25. The number of amides is 1. The molecule has 3 rings (SSSR count). The maximum absolute atomic E-state index is 13.3. The van der Waals surface area contributed by atoms with E-state index < -0.39 is 23.6 Å². The van der Waals surface area contributed by atoms with Crippen LogP contribution in [0.15, 0.2) is 52.7 Å². The van der Waals surface area contributed by atoms with Gasteiger partial charge in [-0.05, 0) is 29.3 Å². The van der Waals surface area contributed by atoms with Crippen molar-refractivity contribution in [1.82, 2.24) is 0 Å². The zero-order valence-corrected chi connectivity index (χ0v) is 9.68. The van der Waals surface area contributed by atoms with Crippen LogP contribution in [0.25, 0.3) is 0 Å². The van der Waals surface area contributed by atoms with Gasteiger partial charge >= 0.3 is 0 Å². The fraction of sp³-hybridized carbons (Fsp3) is 0.0714. The average molecular weight is 258 g/mol. The molecule has 0 aliphatic carbocycles. The van der Waals surface area contributed by atoms with E-state index in [1.54, 1.807) is 24.3 Å². The number of hydrogen-bond donors (Lipinski definition) is 0. The second-order valence-corrected chi connectivity index (χ2v) is 4.18. The number of halogens is 2. The number of benzene rings is 2. The monoisotopic (exact) mass is 258 g/mol. The van der Waals surface area contributed by atoms with Gasteiger partial charge in [-0.15, -0.1) is 5.11 Å². The molecule has 2 aromatic rings. The first-order valence-corrected chi connectivity index (χ1v) is 5.66. The molecule has 1 unspecified atom stereocenters. The first-order chi connectivity index (χ1) is 9.16. The zero-order valence-electron chi connectivity index (χ0n) is 9.68. The molecule has 0 bridgehead atoms. The Hall–Kier alpha value is -2.43. The lowest BCUT2D eigenvalue weighted by molar-refractivity contribution is 0.0986. The van der Waals surface area contributed by atoms with Crippen LogP contribution in [0, 0.1) is 11.6 Å². The molecule has 1 atom stereocenters. The summed E-state index contributed by atoms with van der Waals surface area (Å²) < 4.78 is 26.2. The quantitative estimate of drug-likeness (QED) is 0.769. The highest BCUT2D eigenvalue weighted by atomic mass is 19.2. The van der Waals surface area contributed by atoms with Crippen molar-refractivity contribution >= 4 is 5.91 Å². The van der Waals surface area contributed by atoms with Gasteiger partial charge in [0.1, 0.15) is 6.04 Å². The van der Waals surface area contributed by atoms with Crippen molar-refractivity contribution in [3.63, 3.8) is 0 Å². The molecule has 5 heteroatoms. The lowest BCUT2D eigenvalue weighted by atomic mass is 9.94. The summed E-state index contributed by atoms with van der Waals surface area (Å²) in [6, 6.07) is 9.84. The zero-order chi connectivity index (χ0) is 13.4. The van der Waals surface area contributed by atoms with Gasteiger partial charge in [-0.25, -0.2) is 8.78 Å². The van der Waals surface area contributed by atoms with Gasteiger partial charge in [0.05, 0.1) is 0 Å². The van der Waals surface area contributed by atoms with E-state index in [2.05, 4.69) is 10.2 Å². The summed E-state index contributed by atoms with van der Waals surface area (Å²) in [5, 5.41) is 7.43. The van der Waals surface area contributed by atoms with Crippen LogP contribution in [0.5, 0.6) is 0 Å². The number of carbonyl (C=O) groups is 1. The van der Waals surface area contributed by atoms with Crippen molar-refractivity contribution in [3.05, 3.63) is 70.8 Å². The van der Waals surface area contributed by atoms with Gasteiger partial charge in [0.15, 0.2) is 11.6 Å². The van der Waals surface area contributed by atoms with Crippen molar-refractivity contribution in [1.29, 1.82) is 0 Å². The molecular formula is C14H8F2N2O. The van der Waals surface area contributed by atoms with E-state index in [-0.39, 0.29) is 0 Å². The summed E-state index contributed by atoms with van der Waals surface area (Å²) in [5.41, 5.74) is 1.54. The molecule has 0 saturated carbocycles. The second kappa shape index (κ2) is 4.35. The van der Waals surface area contributed by atoms with Gasteiger partial charge < -0.3 is 0 Å². The molecule has 1 heterocycles. The van der Waals surface area contributed by atoms with Crippen molar-refractivity contribution in [2.75, 3.05) is 0 Å². The molecule has 0 fully saturated rings. The normalized spacial score (nSPS) is 17.4. The third-order valence-corrected chi connectivity index (χ3v) is 3.01. The molecule has 19 heavy (non-hydrogen) atoms. The predicted octanol–water partition coefficient (Wildman–Crippen LogP) is 3.66. The van der Waals surface area contributed by atoms with Crippen LogP contribution in [0.1, 0.15) is 27.5 Å². The van der Waals surface area contributed by atoms with E-state index >= 15 is 0 Å². The largest absolute Gasteiger partial charge is 0.295 e. The molecule has 1 aliphatic rings. The summed E-state index contributed by atoms with van der Waals surface area (Å²) in [6.45, 7) is 0. The van der Waals surface area contributed by atoms with E-state index in [1.165, 1.54) is 6.07 Å². The van der Waals surface area contributed by atoms with Gasteiger partial charge in [-0.3, -0.25) is 4.79 Å². The van der Waals surface area contributed by atoms with Crippen LogP contribution in [0.2, 0.25) is 0 Å². The molecule has 1 aliphatic heterocycles. The number of hydrogen-bond acceptors (Lipinski definition) is 2. The molecule has 0 saturated heterocycles. The molecule has 94 valence electrons. The predicted molar refractivity (Wildman–Crippen MR) is 63.8 cm³/mol. The molecule has 3 nitrogen and oxygen atoms in total. The van der Waals surface area contributed by atoms with Gasteiger partial charge in [0.2, 0.25) is 0 Å². The second-order valence-electron chi connectivity index (χ2n) is 4.18. The number of fused-ring (bicyclic) bond motifs is 1. The minimum Gasteiger partial charge on any atom is -0.265 e. The van der Waals surface area contributed by atoms with Crippen molar-refractivity contribution in [3.8, 4) is 0 Å². The third-order valence-electron chi connectivity index (χ3n) is 3.01. The fourth-order valence-electron chi connectivity index (χ4n) is 2.09. The van der Waals surface area contributed by atoms with Gasteiger partial charge in [0, 0.05) is 5.56 Å². The Balaban J connectivity index is 2.13. The Labute approximate surface area is 107 Å². The van der Waals surface area contributed by atoms with Crippen molar-refractivity contribution in [2.45, 2.75) is 6.04 Å². The van der Waals surface area contributed by atoms with E-state index in [0.29, 0.717) is 16.7 Å². The summed E-state index contributed by atoms with van der Waals surface area (Å²) >= 11 is 0. The number of rotatable bonds is 1. The molecule has 2 aromatic carbocycles. The first-order valence-electron chi connectivity index (χ1n) is 5.66. The Morgan fingerprint density at radius 3 is 2.58 bits per heavy atom. The van der Waals surface area contributed by atoms with Crippen LogP contribution in [0.3, 0.4) is 0 Å². The molecule has 0 spiro atoms. The van der Waals surface area contributed by atoms with E-state index in [0.717, 1.165) is 12.1 Å². The molecule has 1 amide bonds. The SMILES string of the molecule is O=C1N=NC(c2ccc(F)c(F)c2)c2ccccc21. The van der Waals surface area contributed by atoms with Crippen LogP contribution in [-0.4, -0.2) is 5.91 Å². The topological polar surface area (TPSA) is 41.8 Å². The van der Waals surface area contributed by atoms with Gasteiger partial charge in [-0.1, -0.05) is 24.3 Å².